The molecule has 17 heavy (non-hydrogen) atoms. The first kappa shape index (κ1) is 13.0. The van der Waals surface area contributed by atoms with Crippen LogP contribution in [0.4, 0.5) is 10.5 Å². The summed E-state index contributed by atoms with van der Waals surface area (Å²) in [4.78, 5) is 22.0. The van der Waals surface area contributed by atoms with E-state index in [1.54, 1.807) is 20.8 Å². The Kier molecular flexibility index (Phi) is 4.08. The molecule has 7 nitrogen and oxygen atoms in total. The Morgan fingerprint density at radius 3 is 2.59 bits per heavy atom. The Labute approximate surface area is 98.6 Å². The van der Waals surface area contributed by atoms with Crippen LogP contribution in [-0.4, -0.2) is 33.3 Å². The number of urea groups is 1. The zero-order valence-electron chi connectivity index (χ0n) is 10.00. The van der Waals surface area contributed by atoms with E-state index in [1.165, 1.54) is 0 Å². The molecule has 1 aromatic heterocycles. The predicted molar refractivity (Wildman–Crippen MR) is 61.9 cm³/mol. The highest BCUT2D eigenvalue weighted by molar-refractivity contribution is 5.90. The van der Waals surface area contributed by atoms with Crippen LogP contribution < -0.4 is 10.6 Å². The highest BCUT2D eigenvalue weighted by Crippen LogP contribution is 2.15. The van der Waals surface area contributed by atoms with Gasteiger partial charge in [0.25, 0.3) is 0 Å². The van der Waals surface area contributed by atoms with E-state index in [-0.39, 0.29) is 6.42 Å². The summed E-state index contributed by atoms with van der Waals surface area (Å²) in [6.45, 7) is 5.18. The first-order valence-electron chi connectivity index (χ1n) is 5.21. The van der Waals surface area contributed by atoms with Crippen molar-refractivity contribution in [2.75, 3.05) is 5.32 Å². The highest BCUT2D eigenvalue weighted by Gasteiger charge is 2.13. The van der Waals surface area contributed by atoms with Gasteiger partial charge < -0.3 is 15.7 Å². The Hall–Kier alpha value is -2.05. The predicted octanol–water partition coefficient (Wildman–Crippen LogP) is 1.01. The zero-order chi connectivity index (χ0) is 13.0. The van der Waals surface area contributed by atoms with Crippen molar-refractivity contribution in [2.24, 2.45) is 0 Å². The molecule has 0 fully saturated rings. The Bertz CT molecular complexity index is 408. The summed E-state index contributed by atoms with van der Waals surface area (Å²) in [5, 5.41) is 20.4. The topological polar surface area (TPSA) is 107 Å². The molecule has 94 valence electrons. The molecule has 0 saturated heterocycles. The second-order valence-corrected chi connectivity index (χ2v) is 3.91. The Balaban J connectivity index is 2.53. The maximum Gasteiger partial charge on any atom is 0.319 e. The Morgan fingerprint density at radius 1 is 1.47 bits per heavy atom. The van der Waals surface area contributed by atoms with Crippen LogP contribution >= 0.6 is 0 Å². The summed E-state index contributed by atoms with van der Waals surface area (Å²) in [6.07, 6.45) is -0.114. The van der Waals surface area contributed by atoms with Crippen molar-refractivity contribution < 1.29 is 14.7 Å². The number of hydrogen-bond acceptors (Lipinski definition) is 3. The standard InChI is InChI=1S/C10H16N4O3/c1-5(4-8(15)16)11-10(17)12-9-6(2)13-14-7(9)3/h5H,4H2,1-3H3,(H,13,14)(H,15,16)(H2,11,12,17). The molecule has 0 spiro atoms. The van der Waals surface area contributed by atoms with Crippen LogP contribution in [0.5, 0.6) is 0 Å². The second kappa shape index (κ2) is 5.33. The average molecular weight is 240 g/mol. The lowest BCUT2D eigenvalue weighted by Crippen LogP contribution is -2.37. The molecule has 0 aromatic carbocycles. The minimum Gasteiger partial charge on any atom is -0.481 e. The van der Waals surface area contributed by atoms with Crippen LogP contribution in [0.15, 0.2) is 0 Å². The van der Waals surface area contributed by atoms with Gasteiger partial charge in [0, 0.05) is 6.04 Å². The van der Waals surface area contributed by atoms with Gasteiger partial charge in [0.1, 0.15) is 0 Å². The van der Waals surface area contributed by atoms with Crippen molar-refractivity contribution in [3.05, 3.63) is 11.4 Å². The summed E-state index contributed by atoms with van der Waals surface area (Å²) >= 11 is 0. The van der Waals surface area contributed by atoms with Crippen LogP contribution in [0.1, 0.15) is 24.7 Å². The van der Waals surface area contributed by atoms with E-state index in [2.05, 4.69) is 20.8 Å². The van der Waals surface area contributed by atoms with Crippen molar-refractivity contribution in [3.63, 3.8) is 0 Å². The van der Waals surface area contributed by atoms with Crippen molar-refractivity contribution in [2.45, 2.75) is 33.2 Å². The van der Waals surface area contributed by atoms with Gasteiger partial charge in [-0.05, 0) is 20.8 Å². The normalized spacial score (nSPS) is 11.9. The largest absolute Gasteiger partial charge is 0.481 e. The molecule has 1 heterocycles. The molecule has 1 atom stereocenters. The lowest BCUT2D eigenvalue weighted by atomic mass is 10.2. The number of aliphatic carboxylic acids is 1. The summed E-state index contributed by atoms with van der Waals surface area (Å²) in [6, 6.07) is -0.869. The van der Waals surface area contributed by atoms with Gasteiger partial charge in [-0.25, -0.2) is 4.79 Å². The summed E-state index contributed by atoms with van der Waals surface area (Å²) in [7, 11) is 0. The van der Waals surface area contributed by atoms with Gasteiger partial charge >= 0.3 is 12.0 Å². The number of hydrogen-bond donors (Lipinski definition) is 4. The van der Waals surface area contributed by atoms with E-state index in [4.69, 9.17) is 5.11 Å². The van der Waals surface area contributed by atoms with E-state index in [0.717, 1.165) is 5.69 Å². The number of amides is 2. The third-order valence-corrected chi connectivity index (χ3v) is 2.22. The lowest BCUT2D eigenvalue weighted by molar-refractivity contribution is -0.137. The van der Waals surface area contributed by atoms with Gasteiger partial charge in [-0.15, -0.1) is 0 Å². The fraction of sp³-hybridized carbons (Fsp3) is 0.500. The fourth-order valence-electron chi connectivity index (χ4n) is 1.42. The SMILES string of the molecule is Cc1n[nH]c(C)c1NC(=O)NC(C)CC(=O)O. The number of nitrogens with zero attached hydrogens (tertiary/aromatic N) is 1. The molecule has 1 aromatic rings. The smallest absolute Gasteiger partial charge is 0.319 e. The van der Waals surface area contributed by atoms with Gasteiger partial charge in [-0.3, -0.25) is 9.89 Å². The molecule has 1 unspecified atom stereocenters. The minimum atomic E-state index is -0.950. The summed E-state index contributed by atoms with van der Waals surface area (Å²) in [5.74, 6) is -0.950. The van der Waals surface area contributed by atoms with Gasteiger partial charge in [0.05, 0.1) is 23.5 Å². The van der Waals surface area contributed by atoms with Crippen molar-refractivity contribution >= 4 is 17.7 Å². The quantitative estimate of drug-likeness (QED) is 0.630. The summed E-state index contributed by atoms with van der Waals surface area (Å²) in [5.41, 5.74) is 2.05. The number of carbonyl (C=O) groups is 2. The maximum atomic E-state index is 11.5. The van der Waals surface area contributed by atoms with Gasteiger partial charge in [0.2, 0.25) is 0 Å². The molecule has 2 amide bonds. The van der Waals surface area contributed by atoms with E-state index in [1.807, 2.05) is 0 Å². The third kappa shape index (κ3) is 3.78. The van der Waals surface area contributed by atoms with Gasteiger partial charge in [-0.1, -0.05) is 0 Å². The second-order valence-electron chi connectivity index (χ2n) is 3.91. The zero-order valence-corrected chi connectivity index (χ0v) is 10.00. The number of aryl methyl sites for hydroxylation is 2. The number of carboxylic acids is 1. The van der Waals surface area contributed by atoms with Crippen LogP contribution in [-0.2, 0) is 4.79 Å². The third-order valence-electron chi connectivity index (χ3n) is 2.22. The molecule has 0 aliphatic rings. The van der Waals surface area contributed by atoms with Crippen molar-refractivity contribution in [1.29, 1.82) is 0 Å². The molecule has 0 aliphatic carbocycles. The molecule has 7 heteroatoms. The van der Waals surface area contributed by atoms with Gasteiger partial charge in [0.15, 0.2) is 0 Å². The molecule has 0 saturated carbocycles. The number of aromatic amines is 1. The maximum absolute atomic E-state index is 11.5. The average Bonchev–Trinajstić information content (AvgIpc) is 2.47. The first-order chi connectivity index (χ1) is 7.90. The van der Waals surface area contributed by atoms with E-state index >= 15 is 0 Å². The van der Waals surface area contributed by atoms with Crippen molar-refractivity contribution in [1.82, 2.24) is 15.5 Å². The van der Waals surface area contributed by atoms with Crippen LogP contribution in [0.2, 0.25) is 0 Å². The number of carbonyl (C=O) groups excluding carboxylic acids is 1. The number of anilines is 1. The Morgan fingerprint density at radius 2 is 2.12 bits per heavy atom. The number of carboxylic acid groups (broad SMARTS) is 1. The van der Waals surface area contributed by atoms with Crippen molar-refractivity contribution in [3.8, 4) is 0 Å². The monoisotopic (exact) mass is 240 g/mol. The van der Waals surface area contributed by atoms with E-state index < -0.39 is 18.0 Å². The van der Waals surface area contributed by atoms with Gasteiger partial charge in [-0.2, -0.15) is 5.10 Å². The minimum absolute atomic E-state index is 0.114. The van der Waals surface area contributed by atoms with Crippen LogP contribution in [0, 0.1) is 13.8 Å². The molecule has 1 rings (SSSR count). The van der Waals surface area contributed by atoms with E-state index in [0.29, 0.717) is 11.4 Å². The number of nitrogens with one attached hydrogen (secondary N) is 3. The fourth-order valence-corrected chi connectivity index (χ4v) is 1.42. The summed E-state index contributed by atoms with van der Waals surface area (Å²) < 4.78 is 0. The van der Waals surface area contributed by atoms with Crippen LogP contribution in [0.3, 0.4) is 0 Å². The van der Waals surface area contributed by atoms with E-state index in [9.17, 15) is 9.59 Å². The molecule has 4 N–H and O–H groups in total. The first-order valence-corrected chi connectivity index (χ1v) is 5.21. The molecular weight excluding hydrogens is 224 g/mol. The lowest BCUT2D eigenvalue weighted by Gasteiger charge is -2.12. The molecule has 0 radical (unpaired) electrons. The molecule has 0 bridgehead atoms. The molecular formula is C10H16N4O3. The highest BCUT2D eigenvalue weighted by atomic mass is 16.4. The van der Waals surface area contributed by atoms with Crippen LogP contribution in [0.25, 0.3) is 0 Å². The number of rotatable bonds is 4. The number of aromatic nitrogens is 2. The molecule has 0 aliphatic heterocycles. The number of H-pyrrole nitrogens is 1.